The molecular weight excluding hydrogens is 154 g/mol. The molecule has 74 valence electrons. The predicted molar refractivity (Wildman–Crippen MR) is 50.1 cm³/mol. The summed E-state index contributed by atoms with van der Waals surface area (Å²) in [6, 6.07) is 0.287. The minimum absolute atomic E-state index is 0.0408. The maximum Gasteiger partial charge on any atom is 0.0741 e. The van der Waals surface area contributed by atoms with Crippen LogP contribution in [0.3, 0.4) is 0 Å². The Hall–Kier alpha value is -0.120. The van der Waals surface area contributed by atoms with Gasteiger partial charge in [-0.1, -0.05) is 0 Å². The third-order valence-electron chi connectivity index (χ3n) is 2.16. The average molecular weight is 175 g/mol. The number of hydrogen-bond donors (Lipinski definition) is 3. The summed E-state index contributed by atoms with van der Waals surface area (Å²) in [5.41, 5.74) is -0.705. The molecule has 3 heteroatoms. The molecule has 0 aliphatic heterocycles. The molecule has 0 aromatic carbocycles. The van der Waals surface area contributed by atoms with E-state index in [2.05, 4.69) is 5.32 Å². The van der Waals surface area contributed by atoms with Crippen molar-refractivity contribution in [2.75, 3.05) is 6.61 Å². The van der Waals surface area contributed by atoms with E-state index in [9.17, 15) is 5.11 Å². The molecular formula is C9H21NO2. The number of hydrogen-bond acceptors (Lipinski definition) is 3. The molecule has 0 fully saturated rings. The van der Waals surface area contributed by atoms with Crippen LogP contribution < -0.4 is 5.32 Å². The molecule has 0 bridgehead atoms. The van der Waals surface area contributed by atoms with Gasteiger partial charge in [0.1, 0.15) is 0 Å². The summed E-state index contributed by atoms with van der Waals surface area (Å²) in [6.45, 7) is 7.67. The molecule has 0 rings (SSSR count). The summed E-state index contributed by atoms with van der Waals surface area (Å²) in [6.07, 6.45) is 0.723. The fourth-order valence-electron chi connectivity index (χ4n) is 0.908. The van der Waals surface area contributed by atoms with Gasteiger partial charge >= 0.3 is 0 Å². The number of aliphatic hydroxyl groups is 2. The lowest BCUT2D eigenvalue weighted by molar-refractivity contribution is 0.0393. The highest BCUT2D eigenvalue weighted by molar-refractivity contribution is 4.81. The quantitative estimate of drug-likeness (QED) is 0.570. The Morgan fingerprint density at radius 2 is 1.83 bits per heavy atom. The molecule has 12 heavy (non-hydrogen) atoms. The summed E-state index contributed by atoms with van der Waals surface area (Å²) in [7, 11) is 0. The maximum absolute atomic E-state index is 9.58. The van der Waals surface area contributed by atoms with Crippen molar-refractivity contribution in [3.63, 3.8) is 0 Å². The second-order valence-electron chi connectivity index (χ2n) is 3.96. The van der Waals surface area contributed by atoms with Crippen molar-refractivity contribution in [2.45, 2.75) is 51.8 Å². The van der Waals surface area contributed by atoms with Gasteiger partial charge in [-0.05, 0) is 34.1 Å². The van der Waals surface area contributed by atoms with Crippen LogP contribution in [0.5, 0.6) is 0 Å². The van der Waals surface area contributed by atoms with E-state index in [-0.39, 0.29) is 18.7 Å². The van der Waals surface area contributed by atoms with Gasteiger partial charge in [-0.15, -0.1) is 0 Å². The Labute approximate surface area is 74.8 Å². The zero-order valence-corrected chi connectivity index (χ0v) is 8.46. The van der Waals surface area contributed by atoms with Crippen molar-refractivity contribution < 1.29 is 10.2 Å². The van der Waals surface area contributed by atoms with E-state index in [4.69, 9.17) is 5.11 Å². The summed E-state index contributed by atoms with van der Waals surface area (Å²) < 4.78 is 0. The standard InChI is InChI=1S/C9H21NO2/c1-7(5-6-11)10-8(2)9(3,4)12/h7-8,10-12H,5-6H2,1-4H3. The first kappa shape index (κ1) is 11.9. The highest BCUT2D eigenvalue weighted by Gasteiger charge is 2.22. The van der Waals surface area contributed by atoms with Crippen LogP contribution in [0.1, 0.15) is 34.1 Å². The molecule has 0 saturated carbocycles. The summed E-state index contributed by atoms with van der Waals surface area (Å²) in [5, 5.41) is 21.4. The van der Waals surface area contributed by atoms with Crippen molar-refractivity contribution in [3.8, 4) is 0 Å². The highest BCUT2D eigenvalue weighted by atomic mass is 16.3. The van der Waals surface area contributed by atoms with Gasteiger partial charge in [0.25, 0.3) is 0 Å². The van der Waals surface area contributed by atoms with E-state index in [1.54, 1.807) is 13.8 Å². The van der Waals surface area contributed by atoms with Crippen LogP contribution in [-0.4, -0.2) is 34.5 Å². The number of aliphatic hydroxyl groups excluding tert-OH is 1. The first-order valence-electron chi connectivity index (χ1n) is 4.47. The Bertz CT molecular complexity index is 120. The topological polar surface area (TPSA) is 52.5 Å². The lowest BCUT2D eigenvalue weighted by Gasteiger charge is -2.29. The zero-order chi connectivity index (χ0) is 9.78. The number of nitrogens with one attached hydrogen (secondary N) is 1. The summed E-state index contributed by atoms with van der Waals surface area (Å²) >= 11 is 0. The zero-order valence-electron chi connectivity index (χ0n) is 8.46. The molecule has 2 atom stereocenters. The predicted octanol–water partition coefficient (Wildman–Crippen LogP) is 0.506. The van der Waals surface area contributed by atoms with E-state index in [0.717, 1.165) is 6.42 Å². The molecule has 3 N–H and O–H groups in total. The van der Waals surface area contributed by atoms with Crippen LogP contribution in [-0.2, 0) is 0 Å². The monoisotopic (exact) mass is 175 g/mol. The molecule has 0 spiro atoms. The van der Waals surface area contributed by atoms with Gasteiger partial charge in [-0.3, -0.25) is 0 Å². The average Bonchev–Trinajstić information content (AvgIpc) is 1.85. The molecule has 0 radical (unpaired) electrons. The molecule has 3 nitrogen and oxygen atoms in total. The molecule has 0 saturated heterocycles. The normalized spacial score (nSPS) is 17.5. The second kappa shape index (κ2) is 4.80. The van der Waals surface area contributed by atoms with Crippen molar-refractivity contribution >= 4 is 0 Å². The molecule has 0 amide bonds. The van der Waals surface area contributed by atoms with Crippen molar-refractivity contribution in [1.82, 2.24) is 5.32 Å². The van der Waals surface area contributed by atoms with Crippen molar-refractivity contribution in [2.24, 2.45) is 0 Å². The van der Waals surface area contributed by atoms with Crippen LogP contribution in [0, 0.1) is 0 Å². The third-order valence-corrected chi connectivity index (χ3v) is 2.16. The lowest BCUT2D eigenvalue weighted by atomic mass is 10.00. The van der Waals surface area contributed by atoms with Crippen molar-refractivity contribution in [1.29, 1.82) is 0 Å². The highest BCUT2D eigenvalue weighted by Crippen LogP contribution is 2.08. The lowest BCUT2D eigenvalue weighted by Crippen LogP contribution is -2.48. The minimum atomic E-state index is -0.705. The molecule has 0 aliphatic rings. The van der Waals surface area contributed by atoms with Gasteiger partial charge < -0.3 is 15.5 Å². The minimum Gasteiger partial charge on any atom is -0.396 e. The Kier molecular flexibility index (Phi) is 4.75. The van der Waals surface area contributed by atoms with Crippen molar-refractivity contribution in [3.05, 3.63) is 0 Å². The van der Waals surface area contributed by atoms with Crippen LogP contribution >= 0.6 is 0 Å². The van der Waals surface area contributed by atoms with Gasteiger partial charge in [0.2, 0.25) is 0 Å². The van der Waals surface area contributed by atoms with Crippen LogP contribution in [0.2, 0.25) is 0 Å². The Morgan fingerprint density at radius 3 is 2.17 bits per heavy atom. The molecule has 2 unspecified atom stereocenters. The first-order valence-corrected chi connectivity index (χ1v) is 4.47. The van der Waals surface area contributed by atoms with Gasteiger partial charge in [0.15, 0.2) is 0 Å². The van der Waals surface area contributed by atoms with E-state index in [1.807, 2.05) is 13.8 Å². The first-order chi connectivity index (χ1) is 5.38. The van der Waals surface area contributed by atoms with Gasteiger partial charge in [0, 0.05) is 18.7 Å². The van der Waals surface area contributed by atoms with E-state index >= 15 is 0 Å². The fourth-order valence-corrected chi connectivity index (χ4v) is 0.908. The maximum atomic E-state index is 9.58. The fraction of sp³-hybridized carbons (Fsp3) is 1.00. The van der Waals surface area contributed by atoms with Gasteiger partial charge in [-0.25, -0.2) is 0 Å². The van der Waals surface area contributed by atoms with Crippen LogP contribution in [0.15, 0.2) is 0 Å². The number of rotatable bonds is 5. The molecule has 0 aromatic heterocycles. The smallest absolute Gasteiger partial charge is 0.0741 e. The van der Waals surface area contributed by atoms with E-state index < -0.39 is 5.60 Å². The van der Waals surface area contributed by atoms with E-state index in [1.165, 1.54) is 0 Å². The molecule has 0 aliphatic carbocycles. The molecule has 0 heterocycles. The van der Waals surface area contributed by atoms with Crippen LogP contribution in [0.4, 0.5) is 0 Å². The second-order valence-corrected chi connectivity index (χ2v) is 3.96. The SMILES string of the molecule is CC(CCO)NC(C)C(C)(C)O. The summed E-state index contributed by atoms with van der Waals surface area (Å²) in [4.78, 5) is 0. The van der Waals surface area contributed by atoms with Crippen LogP contribution in [0.25, 0.3) is 0 Å². The largest absolute Gasteiger partial charge is 0.396 e. The Morgan fingerprint density at radius 1 is 1.33 bits per heavy atom. The third kappa shape index (κ3) is 4.70. The Balaban J connectivity index is 3.76. The molecule has 0 aromatic rings. The van der Waals surface area contributed by atoms with Gasteiger partial charge in [-0.2, -0.15) is 0 Å². The van der Waals surface area contributed by atoms with Gasteiger partial charge in [0.05, 0.1) is 5.60 Å². The van der Waals surface area contributed by atoms with E-state index in [0.29, 0.717) is 0 Å². The summed E-state index contributed by atoms with van der Waals surface area (Å²) in [5.74, 6) is 0.